The predicted molar refractivity (Wildman–Crippen MR) is 69.1 cm³/mol. The highest BCUT2D eigenvalue weighted by Gasteiger charge is 2.14. The molecule has 1 heterocycles. The molecule has 0 atom stereocenters. The van der Waals surface area contributed by atoms with E-state index in [4.69, 9.17) is 0 Å². The van der Waals surface area contributed by atoms with E-state index in [0.29, 0.717) is 11.8 Å². The van der Waals surface area contributed by atoms with Crippen LogP contribution in [-0.2, 0) is 0 Å². The zero-order chi connectivity index (χ0) is 12.3. The molecule has 0 aromatic carbocycles. The number of rotatable bonds is 4. The third kappa shape index (κ3) is 2.71. The molecule has 16 heavy (non-hydrogen) atoms. The Labute approximate surface area is 98.7 Å². The standard InChI is InChI=1S/C13H23N3/c1-7-14-13-10(6)11(8(2)3)15-12(16-13)9(4)5/h8-9H,7H2,1-6H3,(H,14,15,16). The first-order valence-corrected chi connectivity index (χ1v) is 6.09. The molecule has 1 rings (SSSR count). The Morgan fingerprint density at radius 3 is 2.12 bits per heavy atom. The smallest absolute Gasteiger partial charge is 0.133 e. The summed E-state index contributed by atoms with van der Waals surface area (Å²) in [6.07, 6.45) is 0. The van der Waals surface area contributed by atoms with Gasteiger partial charge in [-0.25, -0.2) is 9.97 Å². The Morgan fingerprint density at radius 2 is 1.69 bits per heavy atom. The second kappa shape index (κ2) is 5.28. The molecule has 1 aromatic heterocycles. The van der Waals surface area contributed by atoms with Crippen molar-refractivity contribution in [2.75, 3.05) is 11.9 Å². The lowest BCUT2D eigenvalue weighted by molar-refractivity contribution is 0.723. The van der Waals surface area contributed by atoms with E-state index in [1.165, 1.54) is 5.56 Å². The second-order valence-corrected chi connectivity index (χ2v) is 4.78. The molecule has 0 bridgehead atoms. The van der Waals surface area contributed by atoms with E-state index < -0.39 is 0 Å². The summed E-state index contributed by atoms with van der Waals surface area (Å²) >= 11 is 0. The molecule has 0 saturated carbocycles. The molecule has 3 heteroatoms. The number of nitrogens with one attached hydrogen (secondary N) is 1. The van der Waals surface area contributed by atoms with Crippen LogP contribution in [0, 0.1) is 6.92 Å². The summed E-state index contributed by atoms with van der Waals surface area (Å²) in [5.74, 6) is 2.74. The summed E-state index contributed by atoms with van der Waals surface area (Å²) in [6.45, 7) is 13.7. The maximum Gasteiger partial charge on any atom is 0.133 e. The van der Waals surface area contributed by atoms with Crippen LogP contribution in [0.4, 0.5) is 5.82 Å². The SMILES string of the molecule is CCNc1nc(C(C)C)nc(C(C)C)c1C. The summed E-state index contributed by atoms with van der Waals surface area (Å²) in [6, 6.07) is 0. The number of aromatic nitrogens is 2. The highest BCUT2D eigenvalue weighted by Crippen LogP contribution is 2.24. The van der Waals surface area contributed by atoms with Crippen LogP contribution in [-0.4, -0.2) is 16.5 Å². The van der Waals surface area contributed by atoms with Crippen molar-refractivity contribution >= 4 is 5.82 Å². The van der Waals surface area contributed by atoms with Crippen molar-refractivity contribution in [3.63, 3.8) is 0 Å². The van der Waals surface area contributed by atoms with Crippen molar-refractivity contribution in [3.8, 4) is 0 Å². The van der Waals surface area contributed by atoms with Crippen molar-refractivity contribution in [1.29, 1.82) is 0 Å². The van der Waals surface area contributed by atoms with Crippen LogP contribution in [0.15, 0.2) is 0 Å². The fourth-order valence-corrected chi connectivity index (χ4v) is 1.71. The Morgan fingerprint density at radius 1 is 1.06 bits per heavy atom. The first-order valence-electron chi connectivity index (χ1n) is 6.09. The van der Waals surface area contributed by atoms with Gasteiger partial charge in [0.15, 0.2) is 0 Å². The molecular formula is C13H23N3. The van der Waals surface area contributed by atoms with Crippen LogP contribution in [0.1, 0.15) is 63.5 Å². The van der Waals surface area contributed by atoms with Crippen LogP contribution >= 0.6 is 0 Å². The lowest BCUT2D eigenvalue weighted by Crippen LogP contribution is -2.11. The summed E-state index contributed by atoms with van der Waals surface area (Å²) in [5.41, 5.74) is 2.34. The highest BCUT2D eigenvalue weighted by molar-refractivity contribution is 5.46. The van der Waals surface area contributed by atoms with Gasteiger partial charge in [-0.3, -0.25) is 0 Å². The van der Waals surface area contributed by atoms with Crippen LogP contribution in [0.3, 0.4) is 0 Å². The van der Waals surface area contributed by atoms with Gasteiger partial charge in [-0.15, -0.1) is 0 Å². The maximum absolute atomic E-state index is 4.66. The second-order valence-electron chi connectivity index (χ2n) is 4.78. The summed E-state index contributed by atoms with van der Waals surface area (Å²) in [5, 5.41) is 3.32. The van der Waals surface area contributed by atoms with Gasteiger partial charge in [0, 0.05) is 18.0 Å². The van der Waals surface area contributed by atoms with Crippen molar-refractivity contribution in [2.24, 2.45) is 0 Å². The number of nitrogens with zero attached hydrogens (tertiary/aromatic N) is 2. The number of hydrogen-bond acceptors (Lipinski definition) is 3. The lowest BCUT2D eigenvalue weighted by atomic mass is 10.0. The monoisotopic (exact) mass is 221 g/mol. The summed E-state index contributed by atoms with van der Waals surface area (Å²) in [7, 11) is 0. The summed E-state index contributed by atoms with van der Waals surface area (Å²) in [4.78, 5) is 9.25. The van der Waals surface area contributed by atoms with Gasteiger partial charge in [0.25, 0.3) is 0 Å². The molecule has 1 N–H and O–H groups in total. The quantitative estimate of drug-likeness (QED) is 0.846. The van der Waals surface area contributed by atoms with Gasteiger partial charge >= 0.3 is 0 Å². The summed E-state index contributed by atoms with van der Waals surface area (Å²) < 4.78 is 0. The van der Waals surface area contributed by atoms with E-state index in [0.717, 1.165) is 23.9 Å². The molecule has 0 saturated heterocycles. The molecule has 0 unspecified atom stereocenters. The molecule has 0 spiro atoms. The fraction of sp³-hybridized carbons (Fsp3) is 0.692. The van der Waals surface area contributed by atoms with Crippen molar-refractivity contribution in [1.82, 2.24) is 9.97 Å². The van der Waals surface area contributed by atoms with E-state index in [9.17, 15) is 0 Å². The van der Waals surface area contributed by atoms with Crippen molar-refractivity contribution in [3.05, 3.63) is 17.1 Å². The molecule has 0 aliphatic heterocycles. The third-order valence-electron chi connectivity index (χ3n) is 2.61. The Hall–Kier alpha value is -1.12. The van der Waals surface area contributed by atoms with Gasteiger partial charge < -0.3 is 5.32 Å². The zero-order valence-corrected chi connectivity index (χ0v) is 11.3. The van der Waals surface area contributed by atoms with Crippen LogP contribution in [0.5, 0.6) is 0 Å². The van der Waals surface area contributed by atoms with Gasteiger partial charge in [-0.05, 0) is 19.8 Å². The Kier molecular flexibility index (Phi) is 4.27. The largest absolute Gasteiger partial charge is 0.370 e. The minimum Gasteiger partial charge on any atom is -0.370 e. The molecule has 3 nitrogen and oxygen atoms in total. The van der Waals surface area contributed by atoms with E-state index in [-0.39, 0.29) is 0 Å². The minimum absolute atomic E-state index is 0.371. The van der Waals surface area contributed by atoms with Gasteiger partial charge in [0.1, 0.15) is 11.6 Å². The number of anilines is 1. The predicted octanol–water partition coefficient (Wildman–Crippen LogP) is 3.46. The highest BCUT2D eigenvalue weighted by atomic mass is 15.0. The van der Waals surface area contributed by atoms with E-state index in [1.54, 1.807) is 0 Å². The average Bonchev–Trinajstić information content (AvgIpc) is 2.20. The lowest BCUT2D eigenvalue weighted by Gasteiger charge is -2.16. The molecule has 90 valence electrons. The third-order valence-corrected chi connectivity index (χ3v) is 2.61. The topological polar surface area (TPSA) is 37.8 Å². The molecular weight excluding hydrogens is 198 g/mol. The van der Waals surface area contributed by atoms with Gasteiger partial charge in [-0.1, -0.05) is 27.7 Å². The van der Waals surface area contributed by atoms with Crippen molar-refractivity contribution < 1.29 is 0 Å². The van der Waals surface area contributed by atoms with Crippen LogP contribution in [0.2, 0.25) is 0 Å². The van der Waals surface area contributed by atoms with Gasteiger partial charge in [0.05, 0.1) is 5.69 Å². The average molecular weight is 221 g/mol. The first-order chi connectivity index (χ1) is 7.47. The molecule has 0 fully saturated rings. The molecule has 0 amide bonds. The molecule has 0 aliphatic carbocycles. The zero-order valence-electron chi connectivity index (χ0n) is 11.3. The van der Waals surface area contributed by atoms with E-state index in [1.807, 2.05) is 0 Å². The Balaban J connectivity index is 3.27. The van der Waals surface area contributed by atoms with E-state index in [2.05, 4.69) is 56.8 Å². The first kappa shape index (κ1) is 12.9. The van der Waals surface area contributed by atoms with Gasteiger partial charge in [0.2, 0.25) is 0 Å². The van der Waals surface area contributed by atoms with Crippen molar-refractivity contribution in [2.45, 2.75) is 53.4 Å². The fourth-order valence-electron chi connectivity index (χ4n) is 1.71. The van der Waals surface area contributed by atoms with Crippen LogP contribution < -0.4 is 5.32 Å². The van der Waals surface area contributed by atoms with E-state index >= 15 is 0 Å². The van der Waals surface area contributed by atoms with Gasteiger partial charge in [-0.2, -0.15) is 0 Å². The minimum atomic E-state index is 0.371. The molecule has 1 aromatic rings. The molecule has 0 radical (unpaired) electrons. The van der Waals surface area contributed by atoms with Crippen LogP contribution in [0.25, 0.3) is 0 Å². The molecule has 0 aliphatic rings. The number of hydrogen-bond donors (Lipinski definition) is 1. The Bertz CT molecular complexity index is 356. The normalized spacial score (nSPS) is 11.2. The maximum atomic E-state index is 4.66.